The van der Waals surface area contributed by atoms with Gasteiger partial charge in [-0.2, -0.15) is 0 Å². The van der Waals surface area contributed by atoms with Crippen molar-refractivity contribution in [2.45, 2.75) is 24.3 Å². The second-order valence-electron chi connectivity index (χ2n) is 6.00. The van der Waals surface area contributed by atoms with Crippen molar-refractivity contribution in [2.75, 3.05) is 6.61 Å². The van der Waals surface area contributed by atoms with Crippen LogP contribution in [0.3, 0.4) is 0 Å². The average Bonchev–Trinajstić information content (AvgIpc) is 3.35. The second-order valence-corrected chi connectivity index (χ2v) is 8.77. The third-order valence-electron chi connectivity index (χ3n) is 3.97. The fourth-order valence-corrected chi connectivity index (χ4v) is 5.27. The Hall–Kier alpha value is -2.36. The van der Waals surface area contributed by atoms with E-state index >= 15 is 0 Å². The van der Waals surface area contributed by atoms with Gasteiger partial charge in [-0.05, 0) is 17.9 Å². The lowest BCUT2D eigenvalue weighted by Crippen LogP contribution is -2.10. The summed E-state index contributed by atoms with van der Waals surface area (Å²) in [6, 6.07) is 5.49. The van der Waals surface area contributed by atoms with E-state index in [9.17, 15) is 9.59 Å². The molecule has 144 valence electrons. The molecule has 0 aliphatic rings. The number of thioether (sulfide) groups is 1. The van der Waals surface area contributed by atoms with E-state index in [1.54, 1.807) is 17.5 Å². The number of ether oxygens (including phenoxy) is 1. The maximum Gasteiger partial charge on any atom is 0.260 e. The number of thiophene rings is 2. The zero-order valence-corrected chi connectivity index (χ0v) is 17.4. The number of nitrogens with zero attached hydrogens (tertiary/aromatic N) is 1. The molecule has 0 aliphatic carbocycles. The highest BCUT2D eigenvalue weighted by Crippen LogP contribution is 2.34. The second kappa shape index (κ2) is 8.34. The van der Waals surface area contributed by atoms with Crippen LogP contribution in [0.25, 0.3) is 20.7 Å². The van der Waals surface area contributed by atoms with Gasteiger partial charge in [0, 0.05) is 39.5 Å². The molecule has 0 spiro atoms. The molecule has 0 atom stereocenters. The van der Waals surface area contributed by atoms with Gasteiger partial charge in [-0.25, -0.2) is 4.98 Å². The molecule has 4 rings (SSSR count). The summed E-state index contributed by atoms with van der Waals surface area (Å²) in [5.74, 6) is 0.809. The topological polar surface area (TPSA) is 87.8 Å². The van der Waals surface area contributed by atoms with E-state index < -0.39 is 0 Å². The minimum atomic E-state index is -0.154. The predicted molar refractivity (Wildman–Crippen MR) is 116 cm³/mol. The number of hydrogen-bond acceptors (Lipinski definition) is 7. The molecule has 4 heterocycles. The van der Waals surface area contributed by atoms with Gasteiger partial charge in [-0.3, -0.25) is 9.59 Å². The first-order valence-electron chi connectivity index (χ1n) is 8.68. The van der Waals surface area contributed by atoms with Gasteiger partial charge in [0.05, 0.1) is 12.0 Å². The van der Waals surface area contributed by atoms with E-state index in [0.717, 1.165) is 22.6 Å². The third-order valence-corrected chi connectivity index (χ3v) is 6.67. The molecule has 0 saturated heterocycles. The van der Waals surface area contributed by atoms with Crippen molar-refractivity contribution in [3.05, 3.63) is 61.4 Å². The van der Waals surface area contributed by atoms with Gasteiger partial charge in [0.1, 0.15) is 4.83 Å². The molecule has 0 saturated carbocycles. The first-order valence-corrected chi connectivity index (χ1v) is 11.4. The van der Waals surface area contributed by atoms with E-state index in [0.29, 0.717) is 33.5 Å². The molecule has 9 heteroatoms. The average molecular weight is 432 g/mol. The summed E-state index contributed by atoms with van der Waals surface area (Å²) in [7, 11) is 0. The summed E-state index contributed by atoms with van der Waals surface area (Å²) in [6.45, 7) is 2.50. The van der Waals surface area contributed by atoms with Crippen LogP contribution in [-0.2, 0) is 5.75 Å². The highest BCUT2D eigenvalue weighted by Gasteiger charge is 2.14. The summed E-state index contributed by atoms with van der Waals surface area (Å²) in [5.41, 5.74) is 1.37. The van der Waals surface area contributed by atoms with Crippen molar-refractivity contribution >= 4 is 44.7 Å². The largest absolute Gasteiger partial charge is 0.488 e. The molecular weight excluding hydrogens is 414 g/mol. The summed E-state index contributed by atoms with van der Waals surface area (Å²) in [5, 5.41) is 5.12. The van der Waals surface area contributed by atoms with Crippen LogP contribution < -0.4 is 15.7 Å². The predicted octanol–water partition coefficient (Wildman–Crippen LogP) is 4.48. The van der Waals surface area contributed by atoms with Gasteiger partial charge < -0.3 is 14.7 Å². The van der Waals surface area contributed by atoms with Crippen LogP contribution in [0.4, 0.5) is 0 Å². The lowest BCUT2D eigenvalue weighted by atomic mass is 10.2. The Balaban J connectivity index is 1.54. The van der Waals surface area contributed by atoms with E-state index in [2.05, 4.69) is 15.0 Å². The Bertz CT molecular complexity index is 1210. The summed E-state index contributed by atoms with van der Waals surface area (Å²) < 4.78 is 5.39. The molecule has 4 aromatic rings. The Labute approximate surface area is 172 Å². The van der Waals surface area contributed by atoms with Crippen LogP contribution >= 0.6 is 34.4 Å². The summed E-state index contributed by atoms with van der Waals surface area (Å²) >= 11 is 4.44. The maximum atomic E-state index is 12.6. The van der Waals surface area contributed by atoms with Crippen molar-refractivity contribution in [1.29, 1.82) is 0 Å². The van der Waals surface area contributed by atoms with Gasteiger partial charge >= 0.3 is 0 Å². The fraction of sp³-hybridized carbons (Fsp3) is 0.211. The lowest BCUT2D eigenvalue weighted by molar-refractivity contribution is 0.313. The SMILES string of the molecule is CCCOc1c[nH]c(CSc2nc3scc(-c4cccs4)c3c(=O)[nH]2)cc1=O. The van der Waals surface area contributed by atoms with Crippen molar-refractivity contribution in [3.8, 4) is 16.2 Å². The van der Waals surface area contributed by atoms with E-state index in [4.69, 9.17) is 4.74 Å². The van der Waals surface area contributed by atoms with Crippen LogP contribution in [0.2, 0.25) is 0 Å². The van der Waals surface area contributed by atoms with Gasteiger partial charge in [0.15, 0.2) is 10.9 Å². The minimum absolute atomic E-state index is 0.144. The van der Waals surface area contributed by atoms with Gasteiger partial charge in [0.25, 0.3) is 5.56 Å². The Morgan fingerprint density at radius 1 is 1.29 bits per heavy atom. The molecule has 4 aromatic heterocycles. The van der Waals surface area contributed by atoms with Gasteiger partial charge in [0.2, 0.25) is 5.43 Å². The van der Waals surface area contributed by atoms with Crippen LogP contribution in [-0.4, -0.2) is 21.6 Å². The molecule has 0 aromatic carbocycles. The molecule has 0 bridgehead atoms. The summed E-state index contributed by atoms with van der Waals surface area (Å²) in [4.78, 5) is 37.0. The molecule has 0 radical (unpaired) electrons. The van der Waals surface area contributed by atoms with Crippen molar-refractivity contribution in [1.82, 2.24) is 15.0 Å². The molecule has 2 N–H and O–H groups in total. The highest BCUT2D eigenvalue weighted by molar-refractivity contribution is 7.98. The Morgan fingerprint density at radius 2 is 2.18 bits per heavy atom. The Kier molecular flexibility index (Phi) is 5.65. The van der Waals surface area contributed by atoms with E-state index in [-0.39, 0.29) is 11.0 Å². The maximum absolute atomic E-state index is 12.6. The van der Waals surface area contributed by atoms with Crippen molar-refractivity contribution < 1.29 is 4.74 Å². The van der Waals surface area contributed by atoms with Gasteiger partial charge in [-0.15, -0.1) is 22.7 Å². The number of hydrogen-bond donors (Lipinski definition) is 2. The zero-order valence-electron chi connectivity index (χ0n) is 15.0. The number of aromatic amines is 2. The smallest absolute Gasteiger partial charge is 0.260 e. The van der Waals surface area contributed by atoms with E-state index in [1.807, 2.05) is 29.8 Å². The fourth-order valence-electron chi connectivity index (χ4n) is 2.67. The Morgan fingerprint density at radius 3 is 2.93 bits per heavy atom. The number of aromatic nitrogens is 3. The number of rotatable bonds is 7. The standard InChI is InChI=1S/C19H17N3O3S3/c1-2-5-25-14-8-20-11(7-13(14)23)9-28-19-21-17(24)16-12(10-27-18(16)22-19)15-4-3-6-26-15/h3-4,6-8,10H,2,5,9H2,1H3,(H,20,23)(H,21,22,24). The molecule has 6 nitrogen and oxygen atoms in total. The first-order chi connectivity index (χ1) is 13.7. The number of H-pyrrole nitrogens is 2. The zero-order chi connectivity index (χ0) is 19.5. The van der Waals surface area contributed by atoms with Crippen molar-refractivity contribution in [2.24, 2.45) is 0 Å². The van der Waals surface area contributed by atoms with Crippen molar-refractivity contribution in [3.63, 3.8) is 0 Å². The minimum Gasteiger partial charge on any atom is -0.488 e. The normalized spacial score (nSPS) is 11.2. The quantitative estimate of drug-likeness (QED) is 0.333. The lowest BCUT2D eigenvalue weighted by Gasteiger charge is -2.05. The molecule has 0 aliphatic heterocycles. The third kappa shape index (κ3) is 3.91. The molecule has 0 unspecified atom stereocenters. The van der Waals surface area contributed by atoms with E-state index in [1.165, 1.54) is 29.2 Å². The van der Waals surface area contributed by atoms with Gasteiger partial charge in [-0.1, -0.05) is 24.8 Å². The monoisotopic (exact) mass is 431 g/mol. The highest BCUT2D eigenvalue weighted by atomic mass is 32.2. The molecular formula is C19H17N3O3S3. The van der Waals surface area contributed by atoms with Crippen LogP contribution in [0.15, 0.2) is 49.9 Å². The molecule has 28 heavy (non-hydrogen) atoms. The summed E-state index contributed by atoms with van der Waals surface area (Å²) in [6.07, 6.45) is 2.43. The first kappa shape index (κ1) is 19.0. The number of fused-ring (bicyclic) bond motifs is 1. The molecule has 0 amide bonds. The molecule has 0 fully saturated rings. The van der Waals surface area contributed by atoms with Crippen LogP contribution in [0.1, 0.15) is 19.0 Å². The van der Waals surface area contributed by atoms with Crippen LogP contribution in [0.5, 0.6) is 5.75 Å². The number of pyridine rings is 1. The number of nitrogens with one attached hydrogen (secondary N) is 2. The van der Waals surface area contributed by atoms with Crippen LogP contribution in [0, 0.1) is 0 Å².